The lowest BCUT2D eigenvalue weighted by Crippen LogP contribution is -2.53. The van der Waals surface area contributed by atoms with Gasteiger partial charge < -0.3 is 15.2 Å². The Morgan fingerprint density at radius 3 is 3.14 bits per heavy atom. The number of carbonyl (C=O) groups is 1. The van der Waals surface area contributed by atoms with Crippen molar-refractivity contribution in [3.63, 3.8) is 0 Å². The monoisotopic (exact) mass is 289 g/mol. The molecule has 2 unspecified atom stereocenters. The Bertz CT molecular complexity index is 543. The number of rotatable bonds is 3. The quantitative estimate of drug-likeness (QED) is 0.897. The van der Waals surface area contributed by atoms with Crippen molar-refractivity contribution in [2.75, 3.05) is 13.2 Å². The van der Waals surface area contributed by atoms with Gasteiger partial charge in [-0.1, -0.05) is 19.8 Å². The fourth-order valence-electron chi connectivity index (χ4n) is 3.60. The highest BCUT2D eigenvalue weighted by Gasteiger charge is 2.36. The maximum atomic E-state index is 12.5. The normalized spacial score (nSPS) is 27.8. The van der Waals surface area contributed by atoms with Gasteiger partial charge in [0, 0.05) is 12.0 Å². The van der Waals surface area contributed by atoms with E-state index in [-0.39, 0.29) is 12.5 Å². The molecule has 2 aliphatic rings. The number of hydrogen-bond acceptors (Lipinski definition) is 3. The van der Waals surface area contributed by atoms with Crippen molar-refractivity contribution in [2.24, 2.45) is 5.92 Å². The van der Waals surface area contributed by atoms with Crippen molar-refractivity contribution in [1.82, 2.24) is 5.32 Å². The summed E-state index contributed by atoms with van der Waals surface area (Å²) in [6.45, 7) is 2.89. The van der Waals surface area contributed by atoms with Crippen molar-refractivity contribution in [3.8, 4) is 5.75 Å². The van der Waals surface area contributed by atoms with E-state index in [0.717, 1.165) is 37.0 Å². The van der Waals surface area contributed by atoms with E-state index in [1.807, 2.05) is 12.1 Å². The zero-order valence-corrected chi connectivity index (χ0v) is 12.5. The number of ether oxygens (including phenoxy) is 1. The molecular formula is C17H23NO3. The number of fused-ring (bicyclic) bond motifs is 1. The molecule has 0 spiro atoms. The Balaban J connectivity index is 1.75. The number of hydrogen-bond donors (Lipinski definition) is 2. The minimum absolute atomic E-state index is 0.0110. The molecule has 0 aromatic heterocycles. The zero-order valence-electron chi connectivity index (χ0n) is 12.5. The number of aliphatic hydroxyl groups excluding tert-OH is 1. The second-order valence-corrected chi connectivity index (χ2v) is 6.52. The van der Waals surface area contributed by atoms with Crippen molar-refractivity contribution in [1.29, 1.82) is 0 Å². The van der Waals surface area contributed by atoms with Gasteiger partial charge in [-0.15, -0.1) is 0 Å². The van der Waals surface area contributed by atoms with Gasteiger partial charge in [0.15, 0.2) is 0 Å². The molecule has 3 rings (SSSR count). The Labute approximate surface area is 125 Å². The molecule has 1 amide bonds. The first-order valence-corrected chi connectivity index (χ1v) is 7.81. The van der Waals surface area contributed by atoms with Crippen LogP contribution in [0.2, 0.25) is 0 Å². The molecule has 2 N–H and O–H groups in total. The first-order valence-electron chi connectivity index (χ1n) is 7.81. The van der Waals surface area contributed by atoms with E-state index >= 15 is 0 Å². The summed E-state index contributed by atoms with van der Waals surface area (Å²) < 4.78 is 5.47. The summed E-state index contributed by atoms with van der Waals surface area (Å²) in [7, 11) is 0. The molecule has 2 atom stereocenters. The van der Waals surface area contributed by atoms with Crippen molar-refractivity contribution in [2.45, 2.75) is 44.6 Å². The third kappa shape index (κ3) is 2.91. The van der Waals surface area contributed by atoms with Crippen LogP contribution in [0.4, 0.5) is 0 Å². The predicted octanol–water partition coefficient (Wildman–Crippen LogP) is 2.29. The maximum absolute atomic E-state index is 12.5. The third-order valence-corrected chi connectivity index (χ3v) is 4.72. The lowest BCUT2D eigenvalue weighted by molar-refractivity contribution is 0.0697. The van der Waals surface area contributed by atoms with Crippen LogP contribution in [0.25, 0.3) is 0 Å². The molecule has 1 fully saturated rings. The summed E-state index contributed by atoms with van der Waals surface area (Å²) in [4.78, 5) is 12.5. The molecule has 0 bridgehead atoms. The lowest BCUT2D eigenvalue weighted by Gasteiger charge is -2.39. The van der Waals surface area contributed by atoms with Gasteiger partial charge in [0.25, 0.3) is 5.91 Å². The third-order valence-electron chi connectivity index (χ3n) is 4.72. The molecule has 1 aromatic rings. The smallest absolute Gasteiger partial charge is 0.251 e. The van der Waals surface area contributed by atoms with Crippen LogP contribution >= 0.6 is 0 Å². The van der Waals surface area contributed by atoms with Crippen LogP contribution < -0.4 is 10.1 Å². The van der Waals surface area contributed by atoms with Crippen molar-refractivity contribution < 1.29 is 14.6 Å². The minimum atomic E-state index is -0.454. The van der Waals surface area contributed by atoms with Gasteiger partial charge in [0.1, 0.15) is 5.75 Å². The van der Waals surface area contributed by atoms with Crippen LogP contribution in [0.1, 0.15) is 48.5 Å². The van der Waals surface area contributed by atoms with Gasteiger partial charge in [-0.3, -0.25) is 4.79 Å². The van der Waals surface area contributed by atoms with Gasteiger partial charge in [-0.2, -0.15) is 0 Å². The lowest BCUT2D eigenvalue weighted by atomic mass is 9.76. The van der Waals surface area contributed by atoms with Gasteiger partial charge in [-0.05, 0) is 42.5 Å². The van der Waals surface area contributed by atoms with Gasteiger partial charge in [-0.25, -0.2) is 0 Å². The molecule has 1 saturated carbocycles. The first kappa shape index (κ1) is 14.4. The van der Waals surface area contributed by atoms with Crippen LogP contribution in [-0.4, -0.2) is 29.8 Å². The van der Waals surface area contributed by atoms with E-state index in [9.17, 15) is 9.90 Å². The number of aliphatic hydroxyl groups is 1. The van der Waals surface area contributed by atoms with Gasteiger partial charge in [0.2, 0.25) is 0 Å². The molecule has 1 aliphatic carbocycles. The predicted molar refractivity (Wildman–Crippen MR) is 80.6 cm³/mol. The van der Waals surface area contributed by atoms with Gasteiger partial charge >= 0.3 is 0 Å². The Hall–Kier alpha value is -1.55. The number of carbonyl (C=O) groups excluding carboxylic acids is 1. The molecule has 1 aromatic carbocycles. The fraction of sp³-hybridized carbons (Fsp3) is 0.588. The van der Waals surface area contributed by atoms with Crippen LogP contribution in [0, 0.1) is 5.92 Å². The summed E-state index contributed by atoms with van der Waals surface area (Å²) in [6.07, 6.45) is 4.80. The van der Waals surface area contributed by atoms with Crippen LogP contribution in [0.15, 0.2) is 18.2 Å². The second kappa shape index (κ2) is 5.68. The van der Waals surface area contributed by atoms with Crippen LogP contribution in [-0.2, 0) is 6.42 Å². The van der Waals surface area contributed by atoms with Gasteiger partial charge in [0.05, 0.1) is 18.8 Å². The molecular weight excluding hydrogens is 266 g/mol. The molecule has 4 heteroatoms. The molecule has 1 heterocycles. The van der Waals surface area contributed by atoms with E-state index in [2.05, 4.69) is 12.2 Å². The molecule has 21 heavy (non-hydrogen) atoms. The summed E-state index contributed by atoms with van der Waals surface area (Å²) in [5.74, 6) is 1.34. The van der Waals surface area contributed by atoms with Crippen LogP contribution in [0.3, 0.4) is 0 Å². The van der Waals surface area contributed by atoms with E-state index < -0.39 is 5.54 Å². The molecule has 114 valence electrons. The number of benzene rings is 1. The molecule has 0 radical (unpaired) electrons. The summed E-state index contributed by atoms with van der Waals surface area (Å²) in [5.41, 5.74) is 1.30. The largest absolute Gasteiger partial charge is 0.493 e. The Morgan fingerprint density at radius 1 is 1.52 bits per heavy atom. The molecule has 0 saturated heterocycles. The number of nitrogens with one attached hydrogen (secondary N) is 1. The highest BCUT2D eigenvalue weighted by Crippen LogP contribution is 2.32. The summed E-state index contributed by atoms with van der Waals surface area (Å²) in [6, 6.07) is 5.58. The molecule has 4 nitrogen and oxygen atoms in total. The Kier molecular flexibility index (Phi) is 3.89. The van der Waals surface area contributed by atoms with Crippen molar-refractivity contribution >= 4 is 5.91 Å². The van der Waals surface area contributed by atoms with E-state index in [1.54, 1.807) is 6.07 Å². The highest BCUT2D eigenvalue weighted by atomic mass is 16.5. The Morgan fingerprint density at radius 2 is 2.38 bits per heavy atom. The topological polar surface area (TPSA) is 58.6 Å². The van der Waals surface area contributed by atoms with Crippen LogP contribution in [0.5, 0.6) is 5.75 Å². The maximum Gasteiger partial charge on any atom is 0.251 e. The standard InChI is InChI=1S/C17H23NO3/c1-12-3-2-7-17(10-12,11-19)18-16(20)14-4-5-15-13(9-14)6-8-21-15/h4-5,9,12,19H,2-3,6-8,10-11H2,1H3,(H,18,20). The van der Waals surface area contributed by atoms with E-state index in [4.69, 9.17) is 4.74 Å². The highest BCUT2D eigenvalue weighted by molar-refractivity contribution is 5.95. The first-order chi connectivity index (χ1) is 10.1. The average Bonchev–Trinajstić information content (AvgIpc) is 2.94. The fourth-order valence-corrected chi connectivity index (χ4v) is 3.60. The van der Waals surface area contributed by atoms with E-state index in [0.29, 0.717) is 18.1 Å². The SMILES string of the molecule is CC1CCCC(CO)(NC(=O)c2ccc3c(c2)CCO3)C1. The second-order valence-electron chi connectivity index (χ2n) is 6.52. The average molecular weight is 289 g/mol. The molecule has 1 aliphatic heterocycles. The van der Waals surface area contributed by atoms with E-state index in [1.165, 1.54) is 6.42 Å². The number of amides is 1. The summed E-state index contributed by atoms with van der Waals surface area (Å²) in [5, 5.41) is 12.9. The zero-order chi connectivity index (χ0) is 14.9. The summed E-state index contributed by atoms with van der Waals surface area (Å²) >= 11 is 0. The van der Waals surface area contributed by atoms with Crippen molar-refractivity contribution in [3.05, 3.63) is 29.3 Å². The minimum Gasteiger partial charge on any atom is -0.493 e.